The first-order valence-corrected chi connectivity index (χ1v) is 9.30. The summed E-state index contributed by atoms with van der Waals surface area (Å²) in [5, 5.41) is 0.684. The molecule has 1 aliphatic rings. The lowest BCUT2D eigenvalue weighted by Gasteiger charge is -2.32. The number of thioether (sulfide) groups is 1. The van der Waals surface area contributed by atoms with Crippen molar-refractivity contribution in [1.82, 2.24) is 9.55 Å². The fraction of sp³-hybridized carbons (Fsp3) is 0.533. The maximum absolute atomic E-state index is 13.7. The van der Waals surface area contributed by atoms with E-state index >= 15 is 0 Å². The van der Waals surface area contributed by atoms with E-state index in [2.05, 4.69) is 15.8 Å². The van der Waals surface area contributed by atoms with E-state index in [1.54, 1.807) is 6.07 Å². The third-order valence-corrected chi connectivity index (χ3v) is 5.91. The highest BCUT2D eigenvalue weighted by atomic mass is 35.5. The minimum absolute atomic E-state index is 0.140. The molecule has 6 heteroatoms. The molecule has 3 rings (SSSR count). The summed E-state index contributed by atoms with van der Waals surface area (Å²) in [6.07, 6.45) is 6.92. The molecule has 1 saturated carbocycles. The molecule has 2 unspecified atom stereocenters. The Balaban J connectivity index is 2.17. The molecule has 1 heterocycles. The summed E-state index contributed by atoms with van der Waals surface area (Å²) in [5.41, 5.74) is 1.53. The molecule has 0 amide bonds. The maximum atomic E-state index is 13.7. The van der Waals surface area contributed by atoms with Crippen molar-refractivity contribution in [3.63, 3.8) is 0 Å². The van der Waals surface area contributed by atoms with Gasteiger partial charge in [-0.2, -0.15) is 11.8 Å². The van der Waals surface area contributed by atoms with Gasteiger partial charge >= 0.3 is 0 Å². The van der Waals surface area contributed by atoms with Gasteiger partial charge in [0.05, 0.1) is 21.9 Å². The topological polar surface area (TPSA) is 17.8 Å². The summed E-state index contributed by atoms with van der Waals surface area (Å²) in [5.74, 6) is 0.699. The first kappa shape index (κ1) is 15.4. The zero-order valence-electron chi connectivity index (χ0n) is 11.8. The molecule has 0 N–H and O–H groups in total. The highest BCUT2D eigenvalue weighted by Gasteiger charge is 2.29. The molecule has 0 saturated heterocycles. The Morgan fingerprint density at radius 3 is 2.86 bits per heavy atom. The van der Waals surface area contributed by atoms with Crippen molar-refractivity contribution < 1.29 is 4.39 Å². The van der Waals surface area contributed by atoms with Crippen molar-refractivity contribution in [2.24, 2.45) is 0 Å². The van der Waals surface area contributed by atoms with E-state index in [1.807, 2.05) is 11.8 Å². The Labute approximate surface area is 138 Å². The van der Waals surface area contributed by atoms with Gasteiger partial charge in [0.25, 0.3) is 0 Å². The first-order chi connectivity index (χ1) is 10.2. The van der Waals surface area contributed by atoms with Gasteiger partial charge in [0.15, 0.2) is 0 Å². The van der Waals surface area contributed by atoms with Gasteiger partial charge in [0.1, 0.15) is 11.6 Å². The van der Waals surface area contributed by atoms with Crippen LogP contribution in [0.5, 0.6) is 0 Å². The van der Waals surface area contributed by atoms with Crippen LogP contribution in [-0.4, -0.2) is 21.1 Å². The van der Waals surface area contributed by atoms with Crippen molar-refractivity contribution in [1.29, 1.82) is 0 Å². The second-order valence-electron chi connectivity index (χ2n) is 5.41. The van der Waals surface area contributed by atoms with Crippen molar-refractivity contribution >= 4 is 46.0 Å². The summed E-state index contributed by atoms with van der Waals surface area (Å²) >= 11 is 13.9. The second-order valence-corrected chi connectivity index (χ2v) is 7.16. The van der Waals surface area contributed by atoms with Crippen molar-refractivity contribution in [2.45, 2.75) is 42.9 Å². The Morgan fingerprint density at radius 2 is 2.14 bits per heavy atom. The summed E-state index contributed by atoms with van der Waals surface area (Å²) < 4.78 is 15.8. The van der Waals surface area contributed by atoms with E-state index < -0.39 is 5.82 Å². The minimum Gasteiger partial charge on any atom is -0.323 e. The molecule has 2 atom stereocenters. The highest BCUT2D eigenvalue weighted by molar-refractivity contribution is 7.99. The molecule has 1 aromatic carbocycles. The first-order valence-electron chi connectivity index (χ1n) is 7.10. The third kappa shape index (κ3) is 2.78. The van der Waals surface area contributed by atoms with E-state index in [0.717, 1.165) is 17.8 Å². The fourth-order valence-corrected chi connectivity index (χ4v) is 4.57. The zero-order chi connectivity index (χ0) is 15.0. The van der Waals surface area contributed by atoms with Crippen LogP contribution >= 0.6 is 35.0 Å². The van der Waals surface area contributed by atoms with Crippen LogP contribution in [0.4, 0.5) is 4.39 Å². The fourth-order valence-electron chi connectivity index (χ4n) is 3.25. The quantitative estimate of drug-likeness (QED) is 0.691. The van der Waals surface area contributed by atoms with Crippen molar-refractivity contribution in [3.05, 3.63) is 28.8 Å². The molecule has 0 aliphatic heterocycles. The molecule has 1 aliphatic carbocycles. The van der Waals surface area contributed by atoms with Crippen molar-refractivity contribution in [3.8, 4) is 0 Å². The van der Waals surface area contributed by atoms with E-state index in [1.165, 1.54) is 25.3 Å². The van der Waals surface area contributed by atoms with E-state index in [4.69, 9.17) is 23.2 Å². The van der Waals surface area contributed by atoms with Crippen LogP contribution in [0.15, 0.2) is 12.1 Å². The van der Waals surface area contributed by atoms with E-state index in [9.17, 15) is 4.39 Å². The van der Waals surface area contributed by atoms with Crippen LogP contribution in [0.25, 0.3) is 11.0 Å². The molecular formula is C15H17Cl2FN2S. The number of halogens is 3. The normalized spacial score (nSPS) is 22.9. The molecule has 1 fully saturated rings. The van der Waals surface area contributed by atoms with Crippen LogP contribution in [0.1, 0.15) is 37.5 Å². The van der Waals surface area contributed by atoms with Gasteiger partial charge in [-0.3, -0.25) is 0 Å². The van der Waals surface area contributed by atoms with E-state index in [-0.39, 0.29) is 5.02 Å². The maximum Gasteiger partial charge on any atom is 0.144 e. The molecule has 2 aromatic rings. The van der Waals surface area contributed by atoms with Gasteiger partial charge < -0.3 is 4.57 Å². The number of imidazole rings is 1. The summed E-state index contributed by atoms with van der Waals surface area (Å²) in [4.78, 5) is 4.50. The standard InChI is InChI=1S/C15H17Cl2FN2S/c1-21-14-5-3-2-4-12(14)20-13-6-9(17)10(18)7-11(13)19-15(20)8-16/h6-7,12,14H,2-5,8H2,1H3. The molecule has 0 bridgehead atoms. The molecule has 21 heavy (non-hydrogen) atoms. The molecule has 0 spiro atoms. The van der Waals surface area contributed by atoms with E-state index in [0.29, 0.717) is 22.7 Å². The lowest BCUT2D eigenvalue weighted by molar-refractivity contribution is 0.366. The lowest BCUT2D eigenvalue weighted by atomic mass is 9.94. The number of fused-ring (bicyclic) bond motifs is 1. The zero-order valence-corrected chi connectivity index (χ0v) is 14.1. The highest BCUT2D eigenvalue weighted by Crippen LogP contribution is 2.39. The van der Waals surface area contributed by atoms with Gasteiger partial charge in [-0.1, -0.05) is 24.4 Å². The lowest BCUT2D eigenvalue weighted by Crippen LogP contribution is -2.26. The average Bonchev–Trinajstić information content (AvgIpc) is 2.85. The van der Waals surface area contributed by atoms with Crippen LogP contribution in [0.2, 0.25) is 5.02 Å². The molecule has 0 radical (unpaired) electrons. The second kappa shape index (κ2) is 6.35. The predicted octanol–water partition coefficient (Wildman–Crippen LogP) is 5.41. The minimum atomic E-state index is -0.431. The van der Waals surface area contributed by atoms with Gasteiger partial charge in [-0.25, -0.2) is 9.37 Å². The Kier molecular flexibility index (Phi) is 4.67. The smallest absolute Gasteiger partial charge is 0.144 e. The number of benzene rings is 1. The monoisotopic (exact) mass is 346 g/mol. The summed E-state index contributed by atoms with van der Waals surface area (Å²) in [6, 6.07) is 3.44. The Morgan fingerprint density at radius 1 is 1.38 bits per heavy atom. The van der Waals surface area contributed by atoms with Crippen molar-refractivity contribution in [2.75, 3.05) is 6.26 Å². The van der Waals surface area contributed by atoms with Gasteiger partial charge in [0, 0.05) is 17.4 Å². The van der Waals surface area contributed by atoms with Crippen LogP contribution in [-0.2, 0) is 5.88 Å². The number of rotatable bonds is 3. The number of hydrogen-bond acceptors (Lipinski definition) is 2. The number of aromatic nitrogens is 2. The number of alkyl halides is 1. The summed E-state index contributed by atoms with van der Waals surface area (Å²) in [7, 11) is 0. The third-order valence-electron chi connectivity index (χ3n) is 4.23. The predicted molar refractivity (Wildman–Crippen MR) is 89.1 cm³/mol. The SMILES string of the molecule is CSC1CCCCC1n1c(CCl)nc2cc(F)c(Cl)cc21. The van der Waals surface area contributed by atoms with Gasteiger partial charge in [0.2, 0.25) is 0 Å². The average molecular weight is 347 g/mol. The Bertz CT molecular complexity index is 659. The number of hydrogen-bond donors (Lipinski definition) is 0. The van der Waals surface area contributed by atoms with Crippen LogP contribution < -0.4 is 0 Å². The van der Waals surface area contributed by atoms with Crippen LogP contribution in [0.3, 0.4) is 0 Å². The molecule has 1 aromatic heterocycles. The summed E-state index contributed by atoms with van der Waals surface area (Å²) in [6.45, 7) is 0. The Hall–Kier alpha value is -0.450. The largest absolute Gasteiger partial charge is 0.323 e. The van der Waals surface area contributed by atoms with Gasteiger partial charge in [-0.05, 0) is 25.2 Å². The molecular weight excluding hydrogens is 330 g/mol. The molecule has 114 valence electrons. The van der Waals surface area contributed by atoms with Gasteiger partial charge in [-0.15, -0.1) is 11.6 Å². The molecule has 2 nitrogen and oxygen atoms in total. The number of nitrogens with zero attached hydrogens (tertiary/aromatic N) is 2. The van der Waals surface area contributed by atoms with Crippen LogP contribution in [0, 0.1) is 5.82 Å².